The number of nitrogens with two attached hydrogens (primary N) is 1. The second kappa shape index (κ2) is 6.09. The largest absolute Gasteiger partial charge is 0.384 e. The van der Waals surface area contributed by atoms with Crippen molar-refractivity contribution in [1.82, 2.24) is 0 Å². The van der Waals surface area contributed by atoms with E-state index in [-0.39, 0.29) is 5.84 Å². The molecule has 0 aliphatic heterocycles. The Bertz CT molecular complexity index is 441. The molecule has 0 heterocycles. The van der Waals surface area contributed by atoms with E-state index in [0.29, 0.717) is 6.04 Å². The summed E-state index contributed by atoms with van der Waals surface area (Å²) < 4.78 is 0. The zero-order valence-electron chi connectivity index (χ0n) is 12.0. The van der Waals surface area contributed by atoms with Gasteiger partial charge in [0.2, 0.25) is 0 Å². The Morgan fingerprint density at radius 3 is 2.79 bits per heavy atom. The van der Waals surface area contributed by atoms with Gasteiger partial charge in [-0.25, -0.2) is 0 Å². The smallest absolute Gasteiger partial charge is 0.124 e. The highest BCUT2D eigenvalue weighted by Gasteiger charge is 2.25. The summed E-state index contributed by atoms with van der Waals surface area (Å²) in [4.78, 5) is 2.33. The summed E-state index contributed by atoms with van der Waals surface area (Å²) in [6.45, 7) is 2.29. The van der Waals surface area contributed by atoms with Gasteiger partial charge in [0.05, 0.1) is 0 Å². The van der Waals surface area contributed by atoms with Crippen molar-refractivity contribution in [2.45, 2.75) is 45.1 Å². The van der Waals surface area contributed by atoms with Crippen molar-refractivity contribution in [3.8, 4) is 0 Å². The van der Waals surface area contributed by atoms with E-state index in [2.05, 4.69) is 24.9 Å². The van der Waals surface area contributed by atoms with Crippen LogP contribution in [0.2, 0.25) is 0 Å². The standard InChI is InChI=1S/C16H25N3/c1-3-12-7-6-8-13(11-12)19(2)15-10-5-4-9-14(15)16(17)18/h4-5,9-10,12-13H,3,6-8,11H2,1-2H3,(H3,17,18). The molecule has 3 nitrogen and oxygen atoms in total. The Labute approximate surface area is 116 Å². The van der Waals surface area contributed by atoms with E-state index in [1.165, 1.54) is 32.1 Å². The lowest BCUT2D eigenvalue weighted by molar-refractivity contribution is 0.309. The molecular weight excluding hydrogens is 234 g/mol. The van der Waals surface area contributed by atoms with Gasteiger partial charge in [-0.15, -0.1) is 0 Å². The predicted molar refractivity (Wildman–Crippen MR) is 81.9 cm³/mol. The van der Waals surface area contributed by atoms with Crippen LogP contribution in [-0.2, 0) is 0 Å². The fourth-order valence-corrected chi connectivity index (χ4v) is 3.19. The Hall–Kier alpha value is -1.51. The lowest BCUT2D eigenvalue weighted by Gasteiger charge is -2.37. The minimum Gasteiger partial charge on any atom is -0.384 e. The second-order valence-electron chi connectivity index (χ2n) is 5.64. The number of nitrogen functional groups attached to an aromatic ring is 1. The maximum absolute atomic E-state index is 7.71. The number of hydrogen-bond donors (Lipinski definition) is 2. The molecule has 3 heteroatoms. The quantitative estimate of drug-likeness (QED) is 0.643. The van der Waals surface area contributed by atoms with E-state index >= 15 is 0 Å². The first-order valence-electron chi connectivity index (χ1n) is 7.29. The molecule has 1 saturated carbocycles. The number of benzene rings is 1. The molecule has 0 spiro atoms. The maximum atomic E-state index is 7.71. The van der Waals surface area contributed by atoms with Crippen molar-refractivity contribution in [3.05, 3.63) is 29.8 Å². The van der Waals surface area contributed by atoms with Gasteiger partial charge in [-0.1, -0.05) is 38.3 Å². The molecular formula is C16H25N3. The first kappa shape index (κ1) is 13.9. The van der Waals surface area contributed by atoms with Crippen molar-refractivity contribution < 1.29 is 0 Å². The molecule has 19 heavy (non-hydrogen) atoms. The number of para-hydroxylation sites is 1. The van der Waals surface area contributed by atoms with Gasteiger partial charge >= 0.3 is 0 Å². The van der Waals surface area contributed by atoms with Crippen LogP contribution in [0, 0.1) is 11.3 Å². The van der Waals surface area contributed by atoms with E-state index < -0.39 is 0 Å². The Morgan fingerprint density at radius 1 is 1.37 bits per heavy atom. The van der Waals surface area contributed by atoms with Crippen molar-refractivity contribution >= 4 is 11.5 Å². The number of anilines is 1. The molecule has 104 valence electrons. The maximum Gasteiger partial charge on any atom is 0.124 e. The minimum absolute atomic E-state index is 0.158. The first-order valence-corrected chi connectivity index (χ1v) is 7.29. The van der Waals surface area contributed by atoms with Crippen LogP contribution in [0.25, 0.3) is 0 Å². The Kier molecular flexibility index (Phi) is 4.46. The number of hydrogen-bond acceptors (Lipinski definition) is 2. The first-order chi connectivity index (χ1) is 9.13. The van der Waals surface area contributed by atoms with Crippen LogP contribution < -0.4 is 10.6 Å². The van der Waals surface area contributed by atoms with Crippen LogP contribution in [0.3, 0.4) is 0 Å². The van der Waals surface area contributed by atoms with Crippen molar-refractivity contribution in [1.29, 1.82) is 5.41 Å². The van der Waals surface area contributed by atoms with Crippen LogP contribution in [0.1, 0.15) is 44.6 Å². The fourth-order valence-electron chi connectivity index (χ4n) is 3.19. The van der Waals surface area contributed by atoms with Gasteiger partial charge in [-0.05, 0) is 30.9 Å². The molecule has 1 aliphatic rings. The van der Waals surface area contributed by atoms with Crippen molar-refractivity contribution in [2.75, 3.05) is 11.9 Å². The highest BCUT2D eigenvalue weighted by molar-refractivity contribution is 6.00. The van der Waals surface area contributed by atoms with Crippen LogP contribution in [-0.4, -0.2) is 18.9 Å². The minimum atomic E-state index is 0.158. The van der Waals surface area contributed by atoms with Crippen LogP contribution in [0.15, 0.2) is 24.3 Å². The topological polar surface area (TPSA) is 53.1 Å². The Morgan fingerprint density at radius 2 is 2.11 bits per heavy atom. The second-order valence-corrected chi connectivity index (χ2v) is 5.64. The summed E-state index contributed by atoms with van der Waals surface area (Å²) in [6, 6.07) is 8.57. The summed E-state index contributed by atoms with van der Waals surface area (Å²) in [5.74, 6) is 1.01. The van der Waals surface area contributed by atoms with Gasteiger partial charge in [0.25, 0.3) is 0 Å². The number of nitrogens with zero attached hydrogens (tertiary/aromatic N) is 1. The molecule has 1 aromatic carbocycles. The van der Waals surface area contributed by atoms with E-state index in [1.807, 2.05) is 18.2 Å². The number of nitrogens with one attached hydrogen (secondary N) is 1. The van der Waals surface area contributed by atoms with Gasteiger partial charge in [0.1, 0.15) is 5.84 Å². The average Bonchev–Trinajstić information content (AvgIpc) is 2.46. The molecule has 0 bridgehead atoms. The molecule has 3 N–H and O–H groups in total. The lowest BCUT2D eigenvalue weighted by atomic mass is 9.83. The highest BCUT2D eigenvalue weighted by Crippen LogP contribution is 2.32. The summed E-state index contributed by atoms with van der Waals surface area (Å²) in [5.41, 5.74) is 7.64. The molecule has 2 unspecified atom stereocenters. The lowest BCUT2D eigenvalue weighted by Crippen LogP contribution is -2.37. The molecule has 2 rings (SSSR count). The fraction of sp³-hybridized carbons (Fsp3) is 0.562. The van der Waals surface area contributed by atoms with E-state index in [1.54, 1.807) is 0 Å². The molecule has 0 aromatic heterocycles. The third-order valence-corrected chi connectivity index (χ3v) is 4.45. The molecule has 2 atom stereocenters. The third kappa shape index (κ3) is 3.09. The zero-order chi connectivity index (χ0) is 13.8. The molecule has 1 aromatic rings. The molecule has 0 amide bonds. The predicted octanol–water partition coefficient (Wildman–Crippen LogP) is 3.38. The monoisotopic (exact) mass is 259 g/mol. The van der Waals surface area contributed by atoms with Crippen LogP contribution >= 0.6 is 0 Å². The van der Waals surface area contributed by atoms with Gasteiger partial charge in [-0.2, -0.15) is 0 Å². The van der Waals surface area contributed by atoms with Gasteiger partial charge in [0, 0.05) is 24.3 Å². The van der Waals surface area contributed by atoms with E-state index in [9.17, 15) is 0 Å². The summed E-state index contributed by atoms with van der Waals surface area (Å²) in [6.07, 6.45) is 6.47. The third-order valence-electron chi connectivity index (χ3n) is 4.45. The van der Waals surface area contributed by atoms with Gasteiger partial charge in [-0.3, -0.25) is 5.41 Å². The number of amidine groups is 1. The average molecular weight is 259 g/mol. The van der Waals surface area contributed by atoms with Crippen LogP contribution in [0.4, 0.5) is 5.69 Å². The normalized spacial score (nSPS) is 23.1. The van der Waals surface area contributed by atoms with E-state index in [0.717, 1.165) is 17.2 Å². The van der Waals surface area contributed by atoms with Gasteiger partial charge in [0.15, 0.2) is 0 Å². The molecule has 1 aliphatic carbocycles. The molecule has 1 fully saturated rings. The van der Waals surface area contributed by atoms with Crippen LogP contribution in [0.5, 0.6) is 0 Å². The molecule has 0 saturated heterocycles. The highest BCUT2D eigenvalue weighted by atomic mass is 15.1. The Balaban J connectivity index is 2.19. The molecule has 0 radical (unpaired) electrons. The summed E-state index contributed by atoms with van der Waals surface area (Å²) in [7, 11) is 2.14. The van der Waals surface area contributed by atoms with Crippen molar-refractivity contribution in [3.63, 3.8) is 0 Å². The summed E-state index contributed by atoms with van der Waals surface area (Å²) in [5, 5.41) is 7.71. The summed E-state index contributed by atoms with van der Waals surface area (Å²) >= 11 is 0. The van der Waals surface area contributed by atoms with Crippen molar-refractivity contribution in [2.24, 2.45) is 11.7 Å². The van der Waals surface area contributed by atoms with E-state index in [4.69, 9.17) is 11.1 Å². The number of rotatable bonds is 4. The SMILES string of the molecule is CCC1CCCC(N(C)c2ccccc2C(=N)N)C1. The van der Waals surface area contributed by atoms with Gasteiger partial charge < -0.3 is 10.6 Å². The zero-order valence-corrected chi connectivity index (χ0v) is 12.0.